The van der Waals surface area contributed by atoms with Gasteiger partial charge >= 0.3 is 0 Å². The van der Waals surface area contributed by atoms with Crippen LogP contribution in [0.3, 0.4) is 0 Å². The summed E-state index contributed by atoms with van der Waals surface area (Å²) in [5.74, 6) is -0.118. The van der Waals surface area contributed by atoms with Crippen molar-refractivity contribution in [3.8, 4) is 0 Å². The van der Waals surface area contributed by atoms with Crippen LogP contribution >= 0.6 is 0 Å². The molecule has 0 aromatic heterocycles. The maximum Gasteiger partial charge on any atom is 0.255 e. The number of nitrogens with one attached hydrogen (secondary N) is 2. The molecule has 4 nitrogen and oxygen atoms in total. The standard InChI is InChI=1S/C25H24N2O2/c1-17-21(11-7-13-22(17)27-25(29)18-8-3-2-4-9-18)24(28)20-14-15-26-23-12-6-5-10-19(23)16-20/h2-13,20,26H,14-16H2,1H3,(H,27,29). The highest BCUT2D eigenvalue weighted by atomic mass is 16.1. The summed E-state index contributed by atoms with van der Waals surface area (Å²) in [4.78, 5) is 25.9. The van der Waals surface area contributed by atoms with E-state index in [-0.39, 0.29) is 17.6 Å². The van der Waals surface area contributed by atoms with Gasteiger partial charge in [0.05, 0.1) is 0 Å². The molecule has 0 saturated heterocycles. The highest BCUT2D eigenvalue weighted by molar-refractivity contribution is 6.06. The Hall–Kier alpha value is -3.40. The fourth-order valence-electron chi connectivity index (χ4n) is 3.89. The van der Waals surface area contributed by atoms with Crippen molar-refractivity contribution in [3.05, 3.63) is 95.1 Å². The van der Waals surface area contributed by atoms with E-state index in [1.165, 1.54) is 5.56 Å². The lowest BCUT2D eigenvalue weighted by molar-refractivity contribution is 0.0914. The Bertz CT molecular complexity index is 1040. The van der Waals surface area contributed by atoms with E-state index in [1.54, 1.807) is 12.1 Å². The molecule has 4 heteroatoms. The maximum absolute atomic E-state index is 13.4. The summed E-state index contributed by atoms with van der Waals surface area (Å²) in [5.41, 5.74) is 5.05. The number of hydrogen-bond donors (Lipinski definition) is 2. The zero-order valence-electron chi connectivity index (χ0n) is 16.4. The van der Waals surface area contributed by atoms with Gasteiger partial charge < -0.3 is 10.6 Å². The second kappa shape index (κ2) is 8.31. The van der Waals surface area contributed by atoms with Gasteiger partial charge in [0.1, 0.15) is 0 Å². The van der Waals surface area contributed by atoms with Crippen LogP contribution in [0.1, 0.15) is 38.3 Å². The average molecular weight is 384 g/mol. The molecule has 1 amide bonds. The molecule has 0 aliphatic carbocycles. The van der Waals surface area contributed by atoms with Gasteiger partial charge in [0.15, 0.2) is 5.78 Å². The van der Waals surface area contributed by atoms with Crippen molar-refractivity contribution in [2.75, 3.05) is 17.2 Å². The third-order valence-electron chi connectivity index (χ3n) is 5.55. The number of anilines is 2. The van der Waals surface area contributed by atoms with Gasteiger partial charge in [0, 0.05) is 35.0 Å². The lowest BCUT2D eigenvalue weighted by Crippen LogP contribution is -2.20. The van der Waals surface area contributed by atoms with Crippen molar-refractivity contribution >= 4 is 23.1 Å². The Kier molecular flexibility index (Phi) is 5.43. The van der Waals surface area contributed by atoms with Crippen molar-refractivity contribution in [1.29, 1.82) is 0 Å². The van der Waals surface area contributed by atoms with E-state index in [4.69, 9.17) is 0 Å². The fraction of sp³-hybridized carbons (Fsp3) is 0.200. The van der Waals surface area contributed by atoms with Crippen LogP contribution in [-0.2, 0) is 6.42 Å². The molecule has 3 aromatic rings. The first-order valence-corrected chi connectivity index (χ1v) is 9.95. The quantitative estimate of drug-likeness (QED) is 0.615. The number of fused-ring (bicyclic) bond motifs is 1. The number of para-hydroxylation sites is 1. The lowest BCUT2D eigenvalue weighted by atomic mass is 9.87. The molecule has 1 heterocycles. The molecule has 0 bridgehead atoms. The largest absolute Gasteiger partial charge is 0.385 e. The van der Waals surface area contributed by atoms with Crippen molar-refractivity contribution < 1.29 is 9.59 Å². The van der Waals surface area contributed by atoms with E-state index in [2.05, 4.69) is 22.8 Å². The number of ketones is 1. The van der Waals surface area contributed by atoms with Crippen LogP contribution in [0, 0.1) is 12.8 Å². The van der Waals surface area contributed by atoms with Crippen LogP contribution in [0.5, 0.6) is 0 Å². The highest BCUT2D eigenvalue weighted by Crippen LogP contribution is 2.29. The molecule has 0 saturated carbocycles. The molecule has 29 heavy (non-hydrogen) atoms. The van der Waals surface area contributed by atoms with Crippen molar-refractivity contribution in [3.63, 3.8) is 0 Å². The number of benzene rings is 3. The van der Waals surface area contributed by atoms with Crippen LogP contribution in [-0.4, -0.2) is 18.2 Å². The molecule has 0 spiro atoms. The molecule has 2 N–H and O–H groups in total. The minimum atomic E-state index is -0.175. The lowest BCUT2D eigenvalue weighted by Gasteiger charge is -2.17. The Morgan fingerprint density at radius 3 is 2.52 bits per heavy atom. The second-order valence-corrected chi connectivity index (χ2v) is 7.44. The molecule has 1 atom stereocenters. The molecule has 1 aliphatic rings. The normalized spacial score (nSPS) is 15.6. The Balaban J connectivity index is 1.57. The smallest absolute Gasteiger partial charge is 0.255 e. The minimum absolute atomic E-state index is 0.0788. The number of rotatable bonds is 4. The predicted molar refractivity (Wildman–Crippen MR) is 117 cm³/mol. The average Bonchev–Trinajstić information content (AvgIpc) is 2.98. The van der Waals surface area contributed by atoms with Gasteiger partial charge in [-0.15, -0.1) is 0 Å². The summed E-state index contributed by atoms with van der Waals surface area (Å²) in [6.07, 6.45) is 1.51. The van der Waals surface area contributed by atoms with E-state index >= 15 is 0 Å². The van der Waals surface area contributed by atoms with Gasteiger partial charge in [-0.3, -0.25) is 9.59 Å². The summed E-state index contributed by atoms with van der Waals surface area (Å²) < 4.78 is 0. The summed E-state index contributed by atoms with van der Waals surface area (Å²) >= 11 is 0. The first kappa shape index (κ1) is 18.9. The molecular formula is C25H24N2O2. The first-order valence-electron chi connectivity index (χ1n) is 9.95. The van der Waals surface area contributed by atoms with Crippen LogP contribution in [0.25, 0.3) is 0 Å². The third-order valence-corrected chi connectivity index (χ3v) is 5.55. The fourth-order valence-corrected chi connectivity index (χ4v) is 3.89. The highest BCUT2D eigenvalue weighted by Gasteiger charge is 2.25. The second-order valence-electron chi connectivity index (χ2n) is 7.44. The van der Waals surface area contributed by atoms with E-state index in [0.29, 0.717) is 16.8 Å². The van der Waals surface area contributed by atoms with E-state index in [0.717, 1.165) is 30.6 Å². The topological polar surface area (TPSA) is 58.2 Å². The van der Waals surface area contributed by atoms with Crippen molar-refractivity contribution in [2.24, 2.45) is 5.92 Å². The van der Waals surface area contributed by atoms with Gasteiger partial charge in [-0.1, -0.05) is 48.5 Å². The molecule has 4 rings (SSSR count). The van der Waals surface area contributed by atoms with Gasteiger partial charge in [0.2, 0.25) is 0 Å². The summed E-state index contributed by atoms with van der Waals surface area (Å²) in [6, 6.07) is 22.8. The molecule has 1 aliphatic heterocycles. The number of hydrogen-bond acceptors (Lipinski definition) is 3. The van der Waals surface area contributed by atoms with Gasteiger partial charge in [0.25, 0.3) is 5.91 Å². The van der Waals surface area contributed by atoms with Crippen LogP contribution in [0.15, 0.2) is 72.8 Å². The Labute approximate surface area is 171 Å². The molecule has 0 fully saturated rings. The van der Waals surface area contributed by atoms with Crippen molar-refractivity contribution in [1.82, 2.24) is 0 Å². The van der Waals surface area contributed by atoms with Crippen LogP contribution < -0.4 is 10.6 Å². The Morgan fingerprint density at radius 2 is 1.69 bits per heavy atom. The Morgan fingerprint density at radius 1 is 0.931 bits per heavy atom. The molecule has 146 valence electrons. The summed E-state index contributed by atoms with van der Waals surface area (Å²) in [5, 5.41) is 6.37. The number of carbonyl (C=O) groups excluding carboxylic acids is 2. The zero-order chi connectivity index (χ0) is 20.2. The minimum Gasteiger partial charge on any atom is -0.385 e. The van der Waals surface area contributed by atoms with Gasteiger partial charge in [-0.05, 0) is 55.2 Å². The van der Waals surface area contributed by atoms with Gasteiger partial charge in [-0.2, -0.15) is 0 Å². The number of Topliss-reactive ketones (excluding diaryl/α,β-unsaturated/α-hetero) is 1. The van der Waals surface area contributed by atoms with Gasteiger partial charge in [-0.25, -0.2) is 0 Å². The molecular weight excluding hydrogens is 360 g/mol. The van der Waals surface area contributed by atoms with Crippen LogP contribution in [0.2, 0.25) is 0 Å². The number of carbonyl (C=O) groups is 2. The summed E-state index contributed by atoms with van der Waals surface area (Å²) in [6.45, 7) is 2.67. The molecule has 3 aromatic carbocycles. The molecule has 0 radical (unpaired) electrons. The number of amides is 1. The summed E-state index contributed by atoms with van der Waals surface area (Å²) in [7, 11) is 0. The maximum atomic E-state index is 13.4. The van der Waals surface area contributed by atoms with E-state index < -0.39 is 0 Å². The first-order chi connectivity index (χ1) is 14.1. The third kappa shape index (κ3) is 4.06. The van der Waals surface area contributed by atoms with E-state index in [1.807, 2.05) is 55.5 Å². The molecule has 1 unspecified atom stereocenters. The van der Waals surface area contributed by atoms with Crippen molar-refractivity contribution in [2.45, 2.75) is 19.8 Å². The monoisotopic (exact) mass is 384 g/mol. The SMILES string of the molecule is Cc1c(NC(=O)c2ccccc2)cccc1C(=O)C1CCNc2ccccc2C1. The predicted octanol–water partition coefficient (Wildman–Crippen LogP) is 5.10. The van der Waals surface area contributed by atoms with Crippen LogP contribution in [0.4, 0.5) is 11.4 Å². The van der Waals surface area contributed by atoms with E-state index in [9.17, 15) is 9.59 Å². The zero-order valence-corrected chi connectivity index (χ0v) is 16.4.